The Bertz CT molecular complexity index is 1190. The first-order valence-electron chi connectivity index (χ1n) is 9.80. The summed E-state index contributed by atoms with van der Waals surface area (Å²) in [6, 6.07) is 10.8. The van der Waals surface area contributed by atoms with Crippen LogP contribution in [-0.4, -0.2) is 24.7 Å². The van der Waals surface area contributed by atoms with E-state index in [1.807, 2.05) is 37.3 Å². The van der Waals surface area contributed by atoms with Gasteiger partial charge in [-0.2, -0.15) is 9.78 Å². The third-order valence-corrected chi connectivity index (χ3v) is 5.02. The van der Waals surface area contributed by atoms with Gasteiger partial charge in [0.05, 0.1) is 23.1 Å². The predicted molar refractivity (Wildman–Crippen MR) is 111 cm³/mol. The Balaban J connectivity index is 1.82. The minimum atomic E-state index is -2.68. The third-order valence-electron chi connectivity index (χ3n) is 5.02. The molecule has 2 N–H and O–H groups in total. The summed E-state index contributed by atoms with van der Waals surface area (Å²) >= 11 is 0. The summed E-state index contributed by atoms with van der Waals surface area (Å²) in [5, 5.41) is 5.23. The minimum absolute atomic E-state index is 0.103. The number of aryl methyl sites for hydroxylation is 1. The molecule has 1 aromatic carbocycles. The Morgan fingerprint density at radius 2 is 1.93 bits per heavy atom. The molecule has 6 nitrogen and oxygen atoms in total. The van der Waals surface area contributed by atoms with Crippen LogP contribution in [0.4, 0.5) is 8.78 Å². The van der Waals surface area contributed by atoms with Gasteiger partial charge in [0.2, 0.25) is 0 Å². The van der Waals surface area contributed by atoms with E-state index in [-0.39, 0.29) is 17.7 Å². The van der Waals surface area contributed by atoms with Crippen LogP contribution in [0, 0.1) is 6.92 Å². The Labute approximate surface area is 172 Å². The van der Waals surface area contributed by atoms with E-state index in [2.05, 4.69) is 22.0 Å². The molecular weight excluding hydrogens is 386 g/mol. The first kappa shape index (κ1) is 20.0. The molecule has 0 aliphatic carbocycles. The molecule has 0 amide bonds. The topological polar surface area (TPSA) is 82.5 Å². The molecule has 30 heavy (non-hydrogen) atoms. The zero-order valence-corrected chi connectivity index (χ0v) is 16.8. The zero-order valence-electron chi connectivity index (χ0n) is 16.8. The number of aromatic nitrogens is 5. The molecule has 4 rings (SSSR count). The maximum Gasteiger partial charge on any atom is 0.280 e. The molecule has 0 bridgehead atoms. The summed E-state index contributed by atoms with van der Waals surface area (Å²) in [6.45, 7) is 4.06. The highest BCUT2D eigenvalue weighted by atomic mass is 19.3. The lowest BCUT2D eigenvalue weighted by atomic mass is 10.0. The maximum atomic E-state index is 13.1. The summed E-state index contributed by atoms with van der Waals surface area (Å²) in [5.74, 6) is 0.103. The Morgan fingerprint density at radius 1 is 1.10 bits per heavy atom. The normalized spacial score (nSPS) is 12.6. The first-order valence-corrected chi connectivity index (χ1v) is 9.80. The second-order valence-corrected chi connectivity index (χ2v) is 7.21. The lowest BCUT2D eigenvalue weighted by Crippen LogP contribution is -2.11. The third kappa shape index (κ3) is 3.78. The van der Waals surface area contributed by atoms with Crippen LogP contribution in [0.3, 0.4) is 0 Å². The number of hydrogen-bond donors (Lipinski definition) is 1. The highest BCUT2D eigenvalue weighted by Gasteiger charge is 2.16. The molecule has 3 heterocycles. The number of pyridine rings is 1. The number of nitrogens with two attached hydrogens (primary N) is 1. The largest absolute Gasteiger partial charge is 0.323 e. The van der Waals surface area contributed by atoms with Crippen LogP contribution in [0.25, 0.3) is 28.1 Å². The number of rotatable bonds is 6. The van der Waals surface area contributed by atoms with Crippen molar-refractivity contribution in [3.63, 3.8) is 0 Å². The minimum Gasteiger partial charge on any atom is -0.323 e. The molecule has 0 aliphatic heterocycles. The molecule has 0 saturated heterocycles. The molecule has 154 valence electrons. The summed E-state index contributed by atoms with van der Waals surface area (Å²) in [4.78, 5) is 12.8. The second-order valence-electron chi connectivity index (χ2n) is 7.21. The first-order chi connectivity index (χ1) is 14.5. The highest BCUT2D eigenvalue weighted by Crippen LogP contribution is 2.29. The van der Waals surface area contributed by atoms with Crippen LogP contribution in [0.15, 0.2) is 48.8 Å². The van der Waals surface area contributed by atoms with Crippen molar-refractivity contribution < 1.29 is 8.78 Å². The van der Waals surface area contributed by atoms with Gasteiger partial charge in [0.25, 0.3) is 12.4 Å². The number of halogens is 2. The average molecular weight is 408 g/mol. The molecule has 0 spiro atoms. The van der Waals surface area contributed by atoms with Crippen LogP contribution in [0.5, 0.6) is 0 Å². The van der Waals surface area contributed by atoms with Crippen LogP contribution in [0.1, 0.15) is 49.2 Å². The van der Waals surface area contributed by atoms with Crippen LogP contribution in [0.2, 0.25) is 0 Å². The molecule has 8 heteroatoms. The second kappa shape index (κ2) is 8.23. The lowest BCUT2D eigenvalue weighted by Gasteiger charge is -2.12. The number of benzene rings is 1. The summed E-state index contributed by atoms with van der Waals surface area (Å²) in [6.07, 6.45) is 2.17. The Morgan fingerprint density at radius 3 is 2.70 bits per heavy atom. The van der Waals surface area contributed by atoms with Crippen molar-refractivity contribution in [2.45, 2.75) is 39.2 Å². The smallest absolute Gasteiger partial charge is 0.280 e. The fourth-order valence-corrected chi connectivity index (χ4v) is 3.47. The number of nitrogens with zero attached hydrogens (tertiary/aromatic N) is 5. The molecule has 0 radical (unpaired) electrons. The van der Waals surface area contributed by atoms with Gasteiger partial charge in [-0.3, -0.25) is 4.98 Å². The summed E-state index contributed by atoms with van der Waals surface area (Å²) in [7, 11) is 0. The van der Waals surface area contributed by atoms with Crippen LogP contribution >= 0.6 is 0 Å². The van der Waals surface area contributed by atoms with E-state index in [1.54, 1.807) is 6.20 Å². The molecule has 0 fully saturated rings. The Kier molecular flexibility index (Phi) is 5.50. The van der Waals surface area contributed by atoms with E-state index in [1.165, 1.54) is 16.9 Å². The van der Waals surface area contributed by atoms with Gasteiger partial charge in [-0.25, -0.2) is 18.7 Å². The summed E-state index contributed by atoms with van der Waals surface area (Å²) in [5.41, 5.74) is 10.1. The average Bonchev–Trinajstić information content (AvgIpc) is 3.19. The van der Waals surface area contributed by atoms with Gasteiger partial charge in [-0.15, -0.1) is 0 Å². The van der Waals surface area contributed by atoms with Gasteiger partial charge in [-0.05, 0) is 49.2 Å². The van der Waals surface area contributed by atoms with E-state index in [4.69, 9.17) is 10.7 Å². The molecule has 0 saturated carbocycles. The van der Waals surface area contributed by atoms with E-state index in [0.29, 0.717) is 0 Å². The van der Waals surface area contributed by atoms with Crippen LogP contribution < -0.4 is 5.73 Å². The van der Waals surface area contributed by atoms with Gasteiger partial charge in [0.15, 0.2) is 0 Å². The van der Waals surface area contributed by atoms with Crippen molar-refractivity contribution in [1.29, 1.82) is 0 Å². The fourth-order valence-electron chi connectivity index (χ4n) is 3.47. The Hall–Kier alpha value is -3.26. The fraction of sp³-hybridized carbons (Fsp3) is 0.273. The molecular formula is C22H22F2N6. The van der Waals surface area contributed by atoms with Gasteiger partial charge in [-0.1, -0.05) is 19.4 Å². The SMILES string of the molecule is CCC[C@H](N)c1cccc(-c2cc(C)c3cnn(-c4nccc(C(F)F)n4)c3c2)n1. The van der Waals surface area contributed by atoms with E-state index in [9.17, 15) is 8.78 Å². The van der Waals surface area contributed by atoms with Crippen molar-refractivity contribution in [2.24, 2.45) is 5.73 Å². The molecule has 0 unspecified atom stereocenters. The summed E-state index contributed by atoms with van der Waals surface area (Å²) < 4.78 is 27.6. The highest BCUT2D eigenvalue weighted by molar-refractivity contribution is 5.87. The number of fused-ring (bicyclic) bond motifs is 1. The van der Waals surface area contributed by atoms with Crippen molar-refractivity contribution in [3.8, 4) is 17.2 Å². The van der Waals surface area contributed by atoms with Gasteiger partial charge in [0.1, 0.15) is 5.69 Å². The standard InChI is InChI=1S/C22H22F2N6/c1-3-5-16(25)18-7-4-6-17(28-18)14-10-13(2)15-12-27-30(20(15)11-14)22-26-9-8-19(29-22)21(23)24/h4,6-12,16,21H,3,5,25H2,1-2H3/t16-/m0/s1. The van der Waals surface area contributed by atoms with Crippen molar-refractivity contribution in [3.05, 3.63) is 65.7 Å². The molecule has 3 aromatic heterocycles. The lowest BCUT2D eigenvalue weighted by molar-refractivity contribution is 0.146. The van der Waals surface area contributed by atoms with Crippen molar-refractivity contribution >= 4 is 10.9 Å². The van der Waals surface area contributed by atoms with E-state index >= 15 is 0 Å². The van der Waals surface area contributed by atoms with E-state index < -0.39 is 6.43 Å². The zero-order chi connectivity index (χ0) is 21.3. The van der Waals surface area contributed by atoms with Gasteiger partial charge in [0, 0.05) is 23.2 Å². The monoisotopic (exact) mass is 408 g/mol. The van der Waals surface area contributed by atoms with E-state index in [0.717, 1.165) is 46.3 Å². The van der Waals surface area contributed by atoms with Crippen molar-refractivity contribution in [2.75, 3.05) is 0 Å². The van der Waals surface area contributed by atoms with Gasteiger partial charge >= 0.3 is 0 Å². The number of alkyl halides is 2. The van der Waals surface area contributed by atoms with Crippen molar-refractivity contribution in [1.82, 2.24) is 24.7 Å². The maximum absolute atomic E-state index is 13.1. The molecule has 0 aliphatic rings. The van der Waals surface area contributed by atoms with Crippen LogP contribution in [-0.2, 0) is 0 Å². The molecule has 1 atom stereocenters. The molecule has 4 aromatic rings. The number of hydrogen-bond acceptors (Lipinski definition) is 5. The van der Waals surface area contributed by atoms with Gasteiger partial charge < -0.3 is 5.73 Å². The predicted octanol–water partition coefficient (Wildman–Crippen LogP) is 4.92. The quantitative estimate of drug-likeness (QED) is 0.489.